The molecule has 0 aliphatic rings. The van der Waals surface area contributed by atoms with Crippen LogP contribution in [0.25, 0.3) is 10.8 Å². The predicted octanol–water partition coefficient (Wildman–Crippen LogP) is 4.83. The lowest BCUT2D eigenvalue weighted by atomic mass is 9.95. The van der Waals surface area contributed by atoms with E-state index in [9.17, 15) is 4.79 Å². The van der Waals surface area contributed by atoms with Gasteiger partial charge in [-0.3, -0.25) is 4.79 Å². The second-order valence-electron chi connectivity index (χ2n) is 8.15. The lowest BCUT2D eigenvalue weighted by Gasteiger charge is -2.30. The summed E-state index contributed by atoms with van der Waals surface area (Å²) in [6.45, 7) is 7.73. The Kier molecular flexibility index (Phi) is 9.95. The molecule has 0 fully saturated rings. The van der Waals surface area contributed by atoms with Crippen molar-refractivity contribution in [2.75, 3.05) is 50.2 Å². The van der Waals surface area contributed by atoms with Crippen LogP contribution in [0.4, 0.5) is 11.4 Å². The Morgan fingerprint density at radius 2 is 1.33 bits per heavy atom. The largest absolute Gasteiger partial charge is 0.468 e. The minimum atomic E-state index is 0.274. The zero-order chi connectivity index (χ0) is 21.9. The summed E-state index contributed by atoms with van der Waals surface area (Å²) in [7, 11) is 4.35. The molecule has 0 radical (unpaired) electrons. The van der Waals surface area contributed by atoms with Crippen LogP contribution in [0, 0.1) is 13.8 Å². The number of aliphatic hydroxyl groups excluding tert-OH is 1. The number of carbonyl (C=O) groups excluding carboxylic acids is 1. The van der Waals surface area contributed by atoms with Gasteiger partial charge in [0.1, 0.15) is 0 Å². The van der Waals surface area contributed by atoms with Crippen molar-refractivity contribution in [3.8, 4) is 0 Å². The van der Waals surface area contributed by atoms with E-state index in [0.29, 0.717) is 13.1 Å². The van der Waals surface area contributed by atoms with E-state index in [0.717, 1.165) is 51.6 Å². The zero-order valence-electron chi connectivity index (χ0n) is 19.1. The molecule has 0 spiro atoms. The maximum atomic E-state index is 10.2. The first-order valence-electron chi connectivity index (χ1n) is 11.1. The zero-order valence-corrected chi connectivity index (χ0v) is 19.1. The maximum Gasteiger partial charge on any atom is 0.293 e. The highest BCUT2D eigenvalue weighted by Gasteiger charge is 2.18. The van der Waals surface area contributed by atoms with Crippen molar-refractivity contribution in [3.05, 3.63) is 35.4 Å². The van der Waals surface area contributed by atoms with Crippen molar-refractivity contribution in [1.82, 2.24) is 0 Å². The van der Waals surface area contributed by atoms with E-state index in [-0.39, 0.29) is 6.61 Å². The van der Waals surface area contributed by atoms with Crippen molar-refractivity contribution in [2.45, 2.75) is 52.4 Å². The molecule has 0 atom stereocenters. The summed E-state index contributed by atoms with van der Waals surface area (Å²) in [5, 5.41) is 11.6. The van der Waals surface area contributed by atoms with Gasteiger partial charge in [0.2, 0.25) is 0 Å². The van der Waals surface area contributed by atoms with Crippen LogP contribution in [-0.2, 0) is 9.53 Å². The first kappa shape index (κ1) is 24.0. The van der Waals surface area contributed by atoms with E-state index < -0.39 is 0 Å². The molecule has 0 aromatic heterocycles. The average molecular weight is 415 g/mol. The molecule has 166 valence electrons. The Labute approximate surface area is 181 Å². The molecule has 5 heteroatoms. The maximum absolute atomic E-state index is 10.2. The molecule has 0 aliphatic carbocycles. The summed E-state index contributed by atoms with van der Waals surface area (Å²) in [6.07, 6.45) is 6.03. The summed E-state index contributed by atoms with van der Waals surface area (Å²) >= 11 is 0. The lowest BCUT2D eigenvalue weighted by Crippen LogP contribution is -2.23. The molecule has 30 heavy (non-hydrogen) atoms. The number of fused-ring (bicyclic) bond motifs is 1. The Hall–Kier alpha value is -2.27. The van der Waals surface area contributed by atoms with E-state index >= 15 is 0 Å². The van der Waals surface area contributed by atoms with Gasteiger partial charge in [-0.15, -0.1) is 0 Å². The van der Waals surface area contributed by atoms with Crippen LogP contribution < -0.4 is 9.80 Å². The van der Waals surface area contributed by atoms with Gasteiger partial charge in [-0.05, 0) is 63.5 Å². The molecule has 2 aromatic carbocycles. The highest BCUT2D eigenvalue weighted by molar-refractivity contribution is 6.05. The van der Waals surface area contributed by atoms with Crippen LogP contribution in [0.2, 0.25) is 0 Å². The molecular formula is C25H38N2O3. The Bertz CT molecular complexity index is 807. The topological polar surface area (TPSA) is 53.0 Å². The van der Waals surface area contributed by atoms with Crippen LogP contribution in [0.3, 0.4) is 0 Å². The summed E-state index contributed by atoms with van der Waals surface area (Å²) in [5.41, 5.74) is 5.29. The van der Waals surface area contributed by atoms with E-state index in [1.54, 1.807) is 0 Å². The predicted molar refractivity (Wildman–Crippen MR) is 127 cm³/mol. The quantitative estimate of drug-likeness (QED) is 0.354. The molecule has 5 nitrogen and oxygen atoms in total. The van der Waals surface area contributed by atoms with E-state index in [1.165, 1.54) is 33.3 Å². The molecule has 2 aromatic rings. The molecule has 0 saturated heterocycles. The summed E-state index contributed by atoms with van der Waals surface area (Å²) in [5.74, 6) is 0. The van der Waals surface area contributed by atoms with Crippen LogP contribution in [0.1, 0.15) is 49.7 Å². The Balaban J connectivity index is 2.23. The number of benzene rings is 2. The highest BCUT2D eigenvalue weighted by Crippen LogP contribution is 2.40. The molecule has 1 N–H and O–H groups in total. The Morgan fingerprint density at radius 1 is 0.833 bits per heavy atom. The van der Waals surface area contributed by atoms with Gasteiger partial charge < -0.3 is 19.6 Å². The number of hydrogen-bond donors (Lipinski definition) is 1. The summed E-state index contributed by atoms with van der Waals surface area (Å²) in [4.78, 5) is 15.0. The first-order valence-corrected chi connectivity index (χ1v) is 11.1. The minimum Gasteiger partial charge on any atom is -0.468 e. The fraction of sp³-hybridized carbons (Fsp3) is 0.560. The first-order chi connectivity index (χ1) is 14.5. The van der Waals surface area contributed by atoms with Crippen molar-refractivity contribution in [3.63, 3.8) is 0 Å². The molecule has 0 aliphatic heterocycles. The fourth-order valence-corrected chi connectivity index (χ4v) is 4.26. The van der Waals surface area contributed by atoms with Crippen LogP contribution in [0.5, 0.6) is 0 Å². The molecular weight excluding hydrogens is 376 g/mol. The van der Waals surface area contributed by atoms with E-state index in [4.69, 9.17) is 9.84 Å². The number of anilines is 2. The van der Waals surface area contributed by atoms with Crippen LogP contribution in [-0.4, -0.2) is 52.0 Å². The standard InChI is InChI=1S/C25H38N2O3/c1-20-21(2)25(27(4)16-10-6-12-18-30-19-29)23-14-8-7-13-22(23)24(20)26(3)15-9-5-11-17-28/h7-8,13-14,19,28H,5-6,9-12,15-18H2,1-4H3. The van der Waals surface area contributed by atoms with Gasteiger partial charge in [0.25, 0.3) is 6.47 Å². The van der Waals surface area contributed by atoms with Gasteiger partial charge in [-0.2, -0.15) is 0 Å². The smallest absolute Gasteiger partial charge is 0.293 e. The van der Waals surface area contributed by atoms with Crippen molar-refractivity contribution in [1.29, 1.82) is 0 Å². The third-order valence-corrected chi connectivity index (χ3v) is 5.95. The van der Waals surface area contributed by atoms with Gasteiger partial charge in [-0.25, -0.2) is 0 Å². The van der Waals surface area contributed by atoms with Crippen LogP contribution in [0.15, 0.2) is 24.3 Å². The number of unbranched alkanes of at least 4 members (excludes halogenated alkanes) is 4. The number of carbonyl (C=O) groups is 1. The minimum absolute atomic E-state index is 0.274. The van der Waals surface area contributed by atoms with Crippen molar-refractivity contribution < 1.29 is 14.6 Å². The third-order valence-electron chi connectivity index (χ3n) is 5.95. The van der Waals surface area contributed by atoms with Crippen LogP contribution >= 0.6 is 0 Å². The van der Waals surface area contributed by atoms with Crippen molar-refractivity contribution >= 4 is 28.6 Å². The number of aliphatic hydroxyl groups is 1. The SMILES string of the molecule is Cc1c(C)c(N(C)CCCCCOC=O)c2ccccc2c1N(C)CCCCCO. The van der Waals surface area contributed by atoms with Gasteiger partial charge in [0.05, 0.1) is 6.61 Å². The number of rotatable bonds is 14. The molecule has 0 amide bonds. The van der Waals surface area contributed by atoms with Gasteiger partial charge >= 0.3 is 0 Å². The number of ether oxygens (including phenoxy) is 1. The summed E-state index contributed by atoms with van der Waals surface area (Å²) < 4.78 is 4.78. The molecule has 0 unspecified atom stereocenters. The molecule has 0 bridgehead atoms. The van der Waals surface area contributed by atoms with Gasteiger partial charge in [0.15, 0.2) is 0 Å². The fourth-order valence-electron chi connectivity index (χ4n) is 4.26. The van der Waals surface area contributed by atoms with Crippen molar-refractivity contribution in [2.24, 2.45) is 0 Å². The van der Waals surface area contributed by atoms with Gasteiger partial charge in [-0.1, -0.05) is 24.3 Å². The monoisotopic (exact) mass is 414 g/mol. The third kappa shape index (κ3) is 6.11. The average Bonchev–Trinajstić information content (AvgIpc) is 2.74. The highest BCUT2D eigenvalue weighted by atomic mass is 16.5. The number of nitrogens with zero attached hydrogens (tertiary/aromatic N) is 2. The second kappa shape index (κ2) is 12.4. The lowest BCUT2D eigenvalue weighted by molar-refractivity contribution is -0.128. The summed E-state index contributed by atoms with van der Waals surface area (Å²) in [6, 6.07) is 8.71. The second-order valence-corrected chi connectivity index (χ2v) is 8.15. The number of hydrogen-bond acceptors (Lipinski definition) is 5. The Morgan fingerprint density at radius 3 is 1.80 bits per heavy atom. The molecule has 0 heterocycles. The molecule has 0 saturated carbocycles. The van der Waals surface area contributed by atoms with Gasteiger partial charge in [0, 0.05) is 55.9 Å². The molecule has 2 rings (SSSR count). The van der Waals surface area contributed by atoms with E-state index in [2.05, 4.69) is 62.0 Å². The normalized spacial score (nSPS) is 11.0. The van der Waals surface area contributed by atoms with E-state index in [1.807, 2.05) is 0 Å².